The normalized spacial score (nSPS) is 12.4. The highest BCUT2D eigenvalue weighted by Gasteiger charge is 2.07. The molecule has 0 aliphatic rings. The molecule has 0 spiro atoms. The van der Waals surface area contributed by atoms with Gasteiger partial charge in [-0.3, -0.25) is 4.55 Å². The molecule has 0 amide bonds. The topological polar surface area (TPSA) is 93.1 Å². The van der Waals surface area contributed by atoms with Crippen LogP contribution in [0.25, 0.3) is 0 Å². The van der Waals surface area contributed by atoms with Crippen molar-refractivity contribution in [1.82, 2.24) is 0 Å². The smallest absolute Gasteiger partial charge is 0.261 e. The molecule has 1 atom stereocenters. The maximum atomic E-state index is 9.32. The van der Waals surface area contributed by atoms with E-state index in [2.05, 4.69) is 13.8 Å². The molecule has 7 heteroatoms. The maximum absolute atomic E-state index is 9.32. The van der Waals surface area contributed by atoms with E-state index in [0.717, 1.165) is 26.1 Å². The first-order valence-corrected chi connectivity index (χ1v) is 15.9. The van der Waals surface area contributed by atoms with Gasteiger partial charge in [-0.05, 0) is 12.8 Å². The second-order valence-corrected chi connectivity index (χ2v) is 11.0. The lowest BCUT2D eigenvalue weighted by atomic mass is 10.0. The molecule has 208 valence electrons. The summed E-state index contributed by atoms with van der Waals surface area (Å²) in [7, 11) is -3.67. The van der Waals surface area contributed by atoms with Crippen LogP contribution in [0.4, 0.5) is 0 Å². The summed E-state index contributed by atoms with van der Waals surface area (Å²) in [6.07, 6.45) is 26.3. The van der Waals surface area contributed by atoms with Crippen molar-refractivity contribution in [1.29, 1.82) is 0 Å². The van der Waals surface area contributed by atoms with Crippen LogP contribution in [0.2, 0.25) is 0 Å². The van der Waals surface area contributed by atoms with Gasteiger partial charge in [-0.25, -0.2) is 0 Å². The summed E-state index contributed by atoms with van der Waals surface area (Å²) in [6, 6.07) is 0. The average Bonchev–Trinajstić information content (AvgIpc) is 2.78. The number of hydrogen-bond donors (Lipinski definition) is 2. The standard InChI is InChI=1S/C26H54O3.CH4O3S/c1-3-5-7-8-9-10-11-12-13-14-15-16-17-18-19-21-22-28-25-26(24-27)29-23-20-6-4-2;1-5(2,3)4/h26-27H,3-25H2,1-2H3;1H3,(H,2,3,4). The van der Waals surface area contributed by atoms with Crippen molar-refractivity contribution >= 4 is 10.1 Å². The molecule has 0 saturated heterocycles. The molecule has 0 heterocycles. The zero-order valence-corrected chi connectivity index (χ0v) is 23.6. The minimum absolute atomic E-state index is 0.0606. The molecule has 0 radical (unpaired) electrons. The molecule has 2 N–H and O–H groups in total. The predicted molar refractivity (Wildman–Crippen MR) is 144 cm³/mol. The van der Waals surface area contributed by atoms with Gasteiger partial charge in [0.15, 0.2) is 0 Å². The number of aliphatic hydroxyl groups is 1. The van der Waals surface area contributed by atoms with Crippen molar-refractivity contribution in [2.75, 3.05) is 32.7 Å². The Hall–Kier alpha value is -0.210. The average molecular weight is 511 g/mol. The predicted octanol–water partition coefficient (Wildman–Crippen LogP) is 7.34. The highest BCUT2D eigenvalue weighted by atomic mass is 32.2. The lowest BCUT2D eigenvalue weighted by Crippen LogP contribution is -2.24. The van der Waals surface area contributed by atoms with Crippen molar-refractivity contribution in [2.24, 2.45) is 0 Å². The second-order valence-electron chi connectivity index (χ2n) is 9.49. The third-order valence-corrected chi connectivity index (χ3v) is 5.75. The molecule has 0 saturated carbocycles. The molecule has 0 aliphatic heterocycles. The Morgan fingerprint density at radius 3 is 1.32 bits per heavy atom. The lowest BCUT2D eigenvalue weighted by molar-refractivity contribution is -0.0437. The van der Waals surface area contributed by atoms with Crippen molar-refractivity contribution in [3.05, 3.63) is 0 Å². The van der Waals surface area contributed by atoms with Crippen molar-refractivity contribution in [3.8, 4) is 0 Å². The van der Waals surface area contributed by atoms with Crippen LogP contribution in [0.1, 0.15) is 136 Å². The van der Waals surface area contributed by atoms with Gasteiger partial charge in [-0.1, -0.05) is 123 Å². The van der Waals surface area contributed by atoms with Gasteiger partial charge in [-0.2, -0.15) is 8.42 Å². The molecule has 0 aliphatic carbocycles. The van der Waals surface area contributed by atoms with Crippen LogP contribution in [0.3, 0.4) is 0 Å². The van der Waals surface area contributed by atoms with Crippen LogP contribution in [-0.2, 0) is 19.6 Å². The molecule has 0 rings (SSSR count). The lowest BCUT2D eigenvalue weighted by Gasteiger charge is -2.15. The number of hydrogen-bond acceptors (Lipinski definition) is 5. The minimum atomic E-state index is -3.67. The van der Waals surface area contributed by atoms with Gasteiger partial charge in [0, 0.05) is 13.2 Å². The first-order chi connectivity index (χ1) is 16.3. The summed E-state index contributed by atoms with van der Waals surface area (Å²) in [5.74, 6) is 0. The Balaban J connectivity index is 0. The van der Waals surface area contributed by atoms with Crippen LogP contribution in [-0.4, -0.2) is 56.9 Å². The molecular weight excluding hydrogens is 452 g/mol. The van der Waals surface area contributed by atoms with Crippen molar-refractivity contribution < 1.29 is 27.6 Å². The SMILES string of the molecule is CCCCCCCCCCCCCCCCCCOCC(CO)OCCCCC.CS(=O)(=O)O. The van der Waals surface area contributed by atoms with Crippen LogP contribution in [0.5, 0.6) is 0 Å². The quantitative estimate of drug-likeness (QED) is 0.0986. The second kappa shape index (κ2) is 29.0. The summed E-state index contributed by atoms with van der Waals surface area (Å²) in [5, 5.41) is 9.32. The molecule has 0 fully saturated rings. The van der Waals surface area contributed by atoms with Crippen molar-refractivity contribution in [3.63, 3.8) is 0 Å². The summed E-state index contributed by atoms with van der Waals surface area (Å²) in [6.45, 7) is 6.60. The van der Waals surface area contributed by atoms with E-state index in [9.17, 15) is 13.5 Å². The van der Waals surface area contributed by atoms with E-state index >= 15 is 0 Å². The summed E-state index contributed by atoms with van der Waals surface area (Å²) >= 11 is 0. The number of unbranched alkanes of at least 4 members (excludes halogenated alkanes) is 17. The number of aliphatic hydroxyl groups excluding tert-OH is 1. The van der Waals surface area contributed by atoms with Crippen molar-refractivity contribution in [2.45, 2.75) is 142 Å². The first-order valence-electron chi connectivity index (χ1n) is 14.1. The van der Waals surface area contributed by atoms with Gasteiger partial charge in [-0.15, -0.1) is 0 Å². The third kappa shape index (κ3) is 39.0. The summed E-state index contributed by atoms with van der Waals surface area (Å²) in [5.41, 5.74) is 0. The summed E-state index contributed by atoms with van der Waals surface area (Å²) in [4.78, 5) is 0. The Labute approximate surface area is 212 Å². The maximum Gasteiger partial charge on any atom is 0.261 e. The third-order valence-electron chi connectivity index (χ3n) is 5.75. The van der Waals surface area contributed by atoms with Crippen LogP contribution in [0, 0.1) is 0 Å². The van der Waals surface area contributed by atoms with E-state index in [1.807, 2.05) is 0 Å². The van der Waals surface area contributed by atoms with Crippen LogP contribution in [0.15, 0.2) is 0 Å². The Morgan fingerprint density at radius 1 is 0.618 bits per heavy atom. The van der Waals surface area contributed by atoms with Gasteiger partial charge < -0.3 is 14.6 Å². The van der Waals surface area contributed by atoms with Gasteiger partial charge in [0.2, 0.25) is 0 Å². The molecule has 34 heavy (non-hydrogen) atoms. The molecule has 6 nitrogen and oxygen atoms in total. The Kier molecular flexibility index (Phi) is 30.7. The zero-order valence-electron chi connectivity index (χ0n) is 22.8. The highest BCUT2D eigenvalue weighted by molar-refractivity contribution is 7.85. The van der Waals surface area contributed by atoms with E-state index < -0.39 is 10.1 Å². The molecule has 0 aromatic carbocycles. The van der Waals surface area contributed by atoms with Gasteiger partial charge in [0.25, 0.3) is 10.1 Å². The van der Waals surface area contributed by atoms with Gasteiger partial charge in [0.1, 0.15) is 6.10 Å². The van der Waals surface area contributed by atoms with Gasteiger partial charge >= 0.3 is 0 Å². The fourth-order valence-electron chi connectivity index (χ4n) is 3.72. The van der Waals surface area contributed by atoms with Crippen LogP contribution >= 0.6 is 0 Å². The van der Waals surface area contributed by atoms with E-state index in [0.29, 0.717) is 12.9 Å². The summed E-state index contributed by atoms with van der Waals surface area (Å²) < 4.78 is 37.2. The Morgan fingerprint density at radius 2 is 0.941 bits per heavy atom. The van der Waals surface area contributed by atoms with E-state index in [-0.39, 0.29) is 12.7 Å². The number of ether oxygens (including phenoxy) is 2. The zero-order chi connectivity index (χ0) is 25.8. The Bertz CT molecular complexity index is 462. The van der Waals surface area contributed by atoms with E-state index in [1.165, 1.54) is 109 Å². The van der Waals surface area contributed by atoms with Gasteiger partial charge in [0.05, 0.1) is 19.5 Å². The largest absolute Gasteiger partial charge is 0.394 e. The van der Waals surface area contributed by atoms with E-state index in [1.54, 1.807) is 0 Å². The highest BCUT2D eigenvalue weighted by Crippen LogP contribution is 2.13. The monoisotopic (exact) mass is 510 g/mol. The first kappa shape index (κ1) is 35.9. The fourth-order valence-corrected chi connectivity index (χ4v) is 3.72. The van der Waals surface area contributed by atoms with E-state index in [4.69, 9.17) is 14.0 Å². The molecule has 0 bridgehead atoms. The minimum Gasteiger partial charge on any atom is -0.394 e. The molecule has 0 aromatic rings. The van der Waals surface area contributed by atoms with Crippen LogP contribution < -0.4 is 0 Å². The molecule has 1 unspecified atom stereocenters. The molecular formula is C27H58O6S. The fraction of sp³-hybridized carbons (Fsp3) is 1.00. The number of rotatable bonds is 25. The molecule has 0 aromatic heterocycles.